The van der Waals surface area contributed by atoms with E-state index in [1.807, 2.05) is 13.0 Å². The first-order valence-corrected chi connectivity index (χ1v) is 10.6. The Kier molecular flexibility index (Phi) is 11.1. The summed E-state index contributed by atoms with van der Waals surface area (Å²) in [6, 6.07) is 17.2. The molecule has 28 heavy (non-hydrogen) atoms. The molecule has 0 spiro atoms. The lowest BCUT2D eigenvalue weighted by Gasteiger charge is -2.11. The third-order valence-corrected chi connectivity index (χ3v) is 5.47. The average molecular weight is 516 g/mol. The summed E-state index contributed by atoms with van der Waals surface area (Å²) in [5.41, 5.74) is 2.28. The molecule has 2 aromatic carbocycles. The summed E-state index contributed by atoms with van der Waals surface area (Å²) in [6.45, 7) is 4.12. The van der Waals surface area contributed by atoms with Crippen molar-refractivity contribution in [2.45, 2.75) is 31.2 Å². The highest BCUT2D eigenvalue weighted by Gasteiger charge is 2.10. The first-order valence-electron chi connectivity index (χ1n) is 9.13. The lowest BCUT2D eigenvalue weighted by atomic mass is 10.1. The molecule has 2 rings (SSSR count). The van der Waals surface area contributed by atoms with Gasteiger partial charge in [-0.05, 0) is 50.1 Å². The van der Waals surface area contributed by atoms with Crippen molar-refractivity contribution in [3.8, 4) is 0 Å². The van der Waals surface area contributed by atoms with Gasteiger partial charge in [-0.2, -0.15) is 0 Å². The predicted molar refractivity (Wildman–Crippen MR) is 126 cm³/mol. The number of hydrogen-bond acceptors (Lipinski definition) is 3. The minimum atomic E-state index is -3.40. The van der Waals surface area contributed by atoms with E-state index in [1.54, 1.807) is 24.3 Å². The summed E-state index contributed by atoms with van der Waals surface area (Å²) < 4.78 is 25.8. The quantitative estimate of drug-likeness (QED) is 0.207. The number of sulfonamides is 1. The smallest absolute Gasteiger partial charge is 0.240 e. The fourth-order valence-corrected chi connectivity index (χ4v) is 3.28. The van der Waals surface area contributed by atoms with E-state index in [4.69, 9.17) is 0 Å². The second-order valence-electron chi connectivity index (χ2n) is 6.06. The Bertz CT molecular complexity index is 825. The van der Waals surface area contributed by atoms with E-state index in [0.717, 1.165) is 37.5 Å². The maximum Gasteiger partial charge on any atom is 0.240 e. The third kappa shape index (κ3) is 8.15. The van der Waals surface area contributed by atoms with Crippen LogP contribution in [0.2, 0.25) is 0 Å². The second-order valence-corrected chi connectivity index (χ2v) is 7.95. The molecule has 0 saturated carbocycles. The number of guanidine groups is 1. The van der Waals surface area contributed by atoms with Gasteiger partial charge in [-0.1, -0.05) is 42.5 Å². The lowest BCUT2D eigenvalue weighted by Crippen LogP contribution is -2.37. The molecular formula is C20H29IN4O2S. The Morgan fingerprint density at radius 2 is 1.64 bits per heavy atom. The number of aliphatic imine (C=N–C) groups is 1. The fraction of sp³-hybridized carbons (Fsp3) is 0.350. The number of rotatable bonds is 9. The summed E-state index contributed by atoms with van der Waals surface area (Å²) >= 11 is 0. The zero-order valence-electron chi connectivity index (χ0n) is 16.3. The first-order chi connectivity index (χ1) is 13.0. The molecule has 0 aromatic heterocycles. The normalized spacial score (nSPS) is 11.6. The molecule has 6 nitrogen and oxygen atoms in total. The van der Waals surface area contributed by atoms with Crippen LogP contribution in [0, 0.1) is 0 Å². The van der Waals surface area contributed by atoms with Crippen LogP contribution in [0.1, 0.15) is 24.5 Å². The zero-order valence-corrected chi connectivity index (χ0v) is 19.5. The van der Waals surface area contributed by atoms with Crippen LogP contribution < -0.4 is 15.4 Å². The molecule has 8 heteroatoms. The summed E-state index contributed by atoms with van der Waals surface area (Å²) in [5, 5.41) is 6.57. The minimum Gasteiger partial charge on any atom is -0.357 e. The number of benzene rings is 2. The molecule has 0 amide bonds. The van der Waals surface area contributed by atoms with Gasteiger partial charge in [-0.15, -0.1) is 24.0 Å². The predicted octanol–water partition coefficient (Wildman–Crippen LogP) is 2.90. The van der Waals surface area contributed by atoms with Crippen LogP contribution >= 0.6 is 24.0 Å². The molecule has 0 atom stereocenters. The van der Waals surface area contributed by atoms with E-state index >= 15 is 0 Å². The van der Waals surface area contributed by atoms with Gasteiger partial charge in [0.1, 0.15) is 0 Å². The fourth-order valence-electron chi connectivity index (χ4n) is 2.55. The average Bonchev–Trinajstić information content (AvgIpc) is 2.70. The van der Waals surface area contributed by atoms with Gasteiger partial charge in [-0.3, -0.25) is 0 Å². The molecule has 3 N–H and O–H groups in total. The standard InChI is InChI=1S/C20H28N4O2S.HI/c1-3-22-20(23-15-7-10-17-8-5-4-6-9-17)24-16-18-11-13-19(14-12-18)27(25,26)21-2;/h4-6,8-9,11-14,21H,3,7,10,15-16H2,1-2H3,(H2,22,23,24);1H. The van der Waals surface area contributed by atoms with E-state index in [1.165, 1.54) is 12.6 Å². The maximum absolute atomic E-state index is 11.8. The molecule has 0 bridgehead atoms. The van der Waals surface area contributed by atoms with E-state index in [0.29, 0.717) is 6.54 Å². The Balaban J connectivity index is 0.00000392. The van der Waals surface area contributed by atoms with Crippen molar-refractivity contribution in [3.05, 3.63) is 65.7 Å². The van der Waals surface area contributed by atoms with E-state index in [9.17, 15) is 8.42 Å². The van der Waals surface area contributed by atoms with Crippen LogP contribution in [-0.2, 0) is 23.0 Å². The number of hydrogen-bond donors (Lipinski definition) is 3. The molecule has 0 radical (unpaired) electrons. The Hall–Kier alpha value is -1.65. The van der Waals surface area contributed by atoms with Gasteiger partial charge >= 0.3 is 0 Å². The highest BCUT2D eigenvalue weighted by Crippen LogP contribution is 2.10. The Morgan fingerprint density at radius 3 is 2.25 bits per heavy atom. The van der Waals surface area contributed by atoms with Gasteiger partial charge in [0.2, 0.25) is 10.0 Å². The molecule has 0 aliphatic rings. The lowest BCUT2D eigenvalue weighted by molar-refractivity contribution is 0.588. The van der Waals surface area contributed by atoms with Crippen molar-refractivity contribution < 1.29 is 8.42 Å². The summed E-state index contributed by atoms with van der Waals surface area (Å²) in [5.74, 6) is 0.762. The Morgan fingerprint density at radius 1 is 0.964 bits per heavy atom. The van der Waals surface area contributed by atoms with Crippen LogP contribution in [0.15, 0.2) is 64.5 Å². The third-order valence-electron chi connectivity index (χ3n) is 4.04. The number of aryl methyl sites for hydroxylation is 1. The summed E-state index contributed by atoms with van der Waals surface area (Å²) in [4.78, 5) is 4.82. The van der Waals surface area contributed by atoms with E-state index in [2.05, 4.69) is 44.6 Å². The second kappa shape index (κ2) is 12.7. The van der Waals surface area contributed by atoms with Crippen LogP contribution in [0.4, 0.5) is 0 Å². The van der Waals surface area contributed by atoms with Crippen molar-refractivity contribution in [2.75, 3.05) is 20.1 Å². The first kappa shape index (κ1) is 24.4. The molecule has 0 heterocycles. The molecule has 0 aliphatic carbocycles. The summed E-state index contributed by atoms with van der Waals surface area (Å²) in [7, 11) is -2.00. The minimum absolute atomic E-state index is 0. The largest absolute Gasteiger partial charge is 0.357 e. The van der Waals surface area contributed by atoms with Gasteiger partial charge in [0.05, 0.1) is 11.4 Å². The van der Waals surface area contributed by atoms with E-state index < -0.39 is 10.0 Å². The maximum atomic E-state index is 11.8. The molecule has 0 saturated heterocycles. The Labute approximate surface area is 185 Å². The van der Waals surface area contributed by atoms with Crippen molar-refractivity contribution >= 4 is 40.0 Å². The van der Waals surface area contributed by atoms with Crippen molar-refractivity contribution in [2.24, 2.45) is 4.99 Å². The van der Waals surface area contributed by atoms with Crippen LogP contribution in [0.5, 0.6) is 0 Å². The van der Waals surface area contributed by atoms with Crippen LogP contribution in [-0.4, -0.2) is 34.5 Å². The number of nitrogens with zero attached hydrogens (tertiary/aromatic N) is 1. The molecule has 0 aliphatic heterocycles. The number of nitrogens with one attached hydrogen (secondary N) is 3. The van der Waals surface area contributed by atoms with Crippen molar-refractivity contribution in [1.29, 1.82) is 0 Å². The number of halogens is 1. The summed E-state index contributed by atoms with van der Waals surface area (Å²) in [6.07, 6.45) is 2.04. The van der Waals surface area contributed by atoms with Gasteiger partial charge < -0.3 is 10.6 Å². The van der Waals surface area contributed by atoms with Gasteiger partial charge in [0, 0.05) is 13.1 Å². The highest BCUT2D eigenvalue weighted by atomic mass is 127. The molecular weight excluding hydrogens is 487 g/mol. The molecule has 0 unspecified atom stereocenters. The zero-order chi connectivity index (χ0) is 19.5. The van der Waals surface area contributed by atoms with Gasteiger partial charge in [0.15, 0.2) is 5.96 Å². The van der Waals surface area contributed by atoms with Gasteiger partial charge in [0.25, 0.3) is 0 Å². The van der Waals surface area contributed by atoms with Gasteiger partial charge in [-0.25, -0.2) is 18.1 Å². The highest BCUT2D eigenvalue weighted by molar-refractivity contribution is 14.0. The van der Waals surface area contributed by atoms with Crippen LogP contribution in [0.3, 0.4) is 0 Å². The topological polar surface area (TPSA) is 82.6 Å². The van der Waals surface area contributed by atoms with Crippen molar-refractivity contribution in [1.82, 2.24) is 15.4 Å². The SMILES string of the molecule is CCNC(=NCc1ccc(S(=O)(=O)NC)cc1)NCCCc1ccccc1.I. The molecule has 0 fully saturated rings. The van der Waals surface area contributed by atoms with E-state index in [-0.39, 0.29) is 28.9 Å². The molecule has 2 aromatic rings. The molecule has 154 valence electrons. The van der Waals surface area contributed by atoms with Crippen LogP contribution in [0.25, 0.3) is 0 Å². The monoisotopic (exact) mass is 516 g/mol. The van der Waals surface area contributed by atoms with Crippen molar-refractivity contribution in [3.63, 3.8) is 0 Å².